The van der Waals surface area contributed by atoms with Gasteiger partial charge in [-0.3, -0.25) is 52.7 Å². The van der Waals surface area contributed by atoms with Gasteiger partial charge in [0.25, 0.3) is 11.8 Å². The summed E-state index contributed by atoms with van der Waals surface area (Å²) < 4.78 is 31.8. The Morgan fingerprint density at radius 3 is 1.94 bits per heavy atom. The fourth-order valence-electron chi connectivity index (χ4n) is 8.77. The summed E-state index contributed by atoms with van der Waals surface area (Å²) in [6.07, 6.45) is -3.71. The third kappa shape index (κ3) is 20.3. The number of nitrogens with two attached hydrogens (primary N) is 1. The summed E-state index contributed by atoms with van der Waals surface area (Å²) in [7, 11) is 0. The quantitative estimate of drug-likeness (QED) is 0.0391. The van der Waals surface area contributed by atoms with Crippen LogP contribution in [0.5, 0.6) is 0 Å². The van der Waals surface area contributed by atoms with Gasteiger partial charge in [-0.05, 0) is 61.4 Å². The Morgan fingerprint density at radius 2 is 1.35 bits per heavy atom. The first-order valence-electron chi connectivity index (χ1n) is 25.9. The number of carbonyl (C=O) groups excluding carboxylic acids is 11. The van der Waals surface area contributed by atoms with E-state index in [1.807, 2.05) is 0 Å². The molecule has 444 valence electrons. The van der Waals surface area contributed by atoms with E-state index in [0.717, 1.165) is 30.7 Å². The summed E-state index contributed by atoms with van der Waals surface area (Å²) >= 11 is 0. The molecule has 0 radical (unpaired) electrons. The molecule has 0 bridgehead atoms. The lowest BCUT2D eigenvalue weighted by molar-refractivity contribution is -0.197. The molecule has 0 spiro atoms. The van der Waals surface area contributed by atoms with E-state index in [1.54, 1.807) is 67.9 Å². The molecule has 0 saturated carbocycles. The Balaban J connectivity index is 1.67. The van der Waals surface area contributed by atoms with E-state index in [4.69, 9.17) is 15.7 Å². The van der Waals surface area contributed by atoms with Crippen LogP contribution in [0.25, 0.3) is 11.1 Å². The van der Waals surface area contributed by atoms with Crippen molar-refractivity contribution in [3.63, 3.8) is 0 Å². The number of halogens is 2. The van der Waals surface area contributed by atoms with Crippen molar-refractivity contribution < 1.29 is 91.3 Å². The molecule has 3 aromatic rings. The number of ketones is 1. The van der Waals surface area contributed by atoms with Crippen molar-refractivity contribution in [2.75, 3.05) is 19.7 Å². The minimum absolute atomic E-state index is 0.118. The molecule has 1 aliphatic heterocycles. The van der Waals surface area contributed by atoms with Crippen LogP contribution in [-0.2, 0) is 73.7 Å². The highest BCUT2D eigenvalue weighted by Crippen LogP contribution is 2.41. The monoisotopic (exact) mass is 1150 g/mol. The van der Waals surface area contributed by atoms with E-state index >= 15 is 4.39 Å². The summed E-state index contributed by atoms with van der Waals surface area (Å²) in [6.45, 7) is 4.31. The molecule has 1 aromatic heterocycles. The fourth-order valence-corrected chi connectivity index (χ4v) is 8.77. The van der Waals surface area contributed by atoms with Crippen molar-refractivity contribution in [1.29, 1.82) is 0 Å². The minimum Gasteiger partial charge on any atom is -0.481 e. The fraction of sp³-hybridized carbons (Fsp3) is 0.463. The Morgan fingerprint density at radius 1 is 0.744 bits per heavy atom. The van der Waals surface area contributed by atoms with Crippen molar-refractivity contribution >= 4 is 76.9 Å². The predicted octanol–water partition coefficient (Wildman–Crippen LogP) is 0.807. The van der Waals surface area contributed by atoms with E-state index in [-0.39, 0.29) is 36.9 Å². The number of aromatic nitrogens is 1. The van der Waals surface area contributed by atoms with Crippen LogP contribution in [0, 0.1) is 17.0 Å². The Kier molecular flexibility index (Phi) is 24.5. The SMILES string of the molecule is CC(=O)C[C@H](NC(=O)CCCC(=O)ON1C(=O)CCC1=O)C(=O)N[C@@H](CC(N)=O)C(=O)N[C@@H](CCN(C(=O)CO)[C@@H](c1cc(-c2cc(F)ccc2F)cn1Cc1ccccc1)C(C)(C)C)C(=O)NCCC(=O)N[C@H](CCC(=O)O)C(=O)O. The molecule has 9 amide bonds. The first-order valence-corrected chi connectivity index (χ1v) is 25.9. The number of hydroxylamine groups is 2. The summed E-state index contributed by atoms with van der Waals surface area (Å²) in [5.41, 5.74) is 5.71. The van der Waals surface area contributed by atoms with Crippen LogP contribution in [0.15, 0.2) is 60.8 Å². The molecule has 26 nitrogen and oxygen atoms in total. The maximum atomic E-state index is 15.4. The Labute approximate surface area is 468 Å². The molecule has 2 aromatic carbocycles. The second-order valence-corrected chi connectivity index (χ2v) is 20.3. The molecule has 1 fully saturated rings. The summed E-state index contributed by atoms with van der Waals surface area (Å²) in [6, 6.07) is 5.27. The molecule has 0 aliphatic carbocycles. The lowest BCUT2D eigenvalue weighted by atomic mass is 9.82. The van der Waals surface area contributed by atoms with Gasteiger partial charge in [-0.25, -0.2) is 18.4 Å². The molecule has 4 rings (SSSR count). The van der Waals surface area contributed by atoms with E-state index in [0.29, 0.717) is 10.8 Å². The summed E-state index contributed by atoms with van der Waals surface area (Å²) in [5, 5.41) is 40.9. The van der Waals surface area contributed by atoms with Gasteiger partial charge in [-0.2, -0.15) is 0 Å². The molecule has 0 unspecified atom stereocenters. The van der Waals surface area contributed by atoms with Gasteiger partial charge in [0.05, 0.1) is 12.5 Å². The zero-order valence-electron chi connectivity index (χ0n) is 45.5. The predicted molar refractivity (Wildman–Crippen MR) is 281 cm³/mol. The zero-order valence-corrected chi connectivity index (χ0v) is 45.5. The number of aliphatic hydroxyl groups is 1. The van der Waals surface area contributed by atoms with Crippen LogP contribution in [-0.4, -0.2) is 151 Å². The lowest BCUT2D eigenvalue weighted by Gasteiger charge is -2.41. The van der Waals surface area contributed by atoms with Crippen LogP contribution >= 0.6 is 0 Å². The van der Waals surface area contributed by atoms with Gasteiger partial charge in [0.2, 0.25) is 41.4 Å². The number of imide groups is 1. The number of aliphatic carboxylic acids is 2. The second-order valence-electron chi connectivity index (χ2n) is 20.3. The molecule has 82 heavy (non-hydrogen) atoms. The van der Waals surface area contributed by atoms with Crippen molar-refractivity contribution in [2.24, 2.45) is 11.1 Å². The summed E-state index contributed by atoms with van der Waals surface area (Å²) in [5.74, 6) is -14.9. The highest BCUT2D eigenvalue weighted by Gasteiger charge is 2.39. The summed E-state index contributed by atoms with van der Waals surface area (Å²) in [4.78, 5) is 172. The van der Waals surface area contributed by atoms with E-state index in [1.165, 1.54) is 4.90 Å². The van der Waals surface area contributed by atoms with Crippen molar-refractivity contribution in [1.82, 2.24) is 41.1 Å². The molecular weight excluding hydrogens is 1080 g/mol. The standard InChI is InChI=1S/C54H67F2N9O17/c1-30(67)23-38(60-42(69)11-8-12-48(76)82-65-44(71)16-17-45(65)72)51(78)62-39(26-41(57)68)52(79)61-36(50(77)58-21-19-43(70)59-37(53(80)81)15-18-47(74)75)20-22-64(46(73)29-66)49(54(2,3)4)40-24-32(34-25-33(55)13-14-35(34)56)28-63(40)27-31-9-6-5-7-10-31/h5-7,9-10,13-14,24-25,28,36-39,49,66H,8,11-12,15-23,26-27,29H2,1-4H3,(H2,57,68)(H,58,77)(H,59,70)(H,60,69)(H,61,79)(H,62,78)(H,74,75)(H,80,81)/t36-,37+,38-,39-,49-/m0/s1. The van der Waals surface area contributed by atoms with Crippen LogP contribution < -0.4 is 32.3 Å². The number of Topliss-reactive ketones (excluding diaryl/α,β-unsaturated/α-hetero) is 1. The minimum atomic E-state index is -1.94. The van der Waals surface area contributed by atoms with Crippen LogP contribution in [0.2, 0.25) is 0 Å². The number of carboxylic acids is 2. The third-order valence-corrected chi connectivity index (χ3v) is 12.6. The zero-order chi connectivity index (χ0) is 61.0. The van der Waals surface area contributed by atoms with Gasteiger partial charge in [0.1, 0.15) is 48.2 Å². The van der Waals surface area contributed by atoms with Gasteiger partial charge < -0.3 is 61.9 Å². The highest BCUT2D eigenvalue weighted by molar-refractivity contribution is 6.02. The maximum absolute atomic E-state index is 15.4. The van der Waals surface area contributed by atoms with Crippen LogP contribution in [0.1, 0.15) is 116 Å². The van der Waals surface area contributed by atoms with Crippen LogP contribution in [0.4, 0.5) is 8.78 Å². The number of aliphatic hydroxyl groups excluding tert-OH is 1. The van der Waals surface area contributed by atoms with Gasteiger partial charge in [0, 0.05) is 87.6 Å². The molecule has 28 heteroatoms. The van der Waals surface area contributed by atoms with Gasteiger partial charge >= 0.3 is 17.9 Å². The normalized spacial score (nSPS) is 14.1. The molecule has 1 saturated heterocycles. The number of primary amides is 1. The highest BCUT2D eigenvalue weighted by atomic mass is 19.1. The lowest BCUT2D eigenvalue weighted by Crippen LogP contribution is -2.58. The number of carbonyl (C=O) groups is 13. The number of hydrogen-bond acceptors (Lipinski definition) is 15. The molecule has 5 atom stereocenters. The van der Waals surface area contributed by atoms with E-state index in [9.17, 15) is 76.9 Å². The number of rotatable bonds is 32. The number of nitrogens with zero attached hydrogens (tertiary/aromatic N) is 3. The smallest absolute Gasteiger partial charge is 0.333 e. The molecule has 10 N–H and O–H groups in total. The third-order valence-electron chi connectivity index (χ3n) is 12.6. The second kappa shape index (κ2) is 30.6. The molecular formula is C54H67F2N9O17. The van der Waals surface area contributed by atoms with Crippen molar-refractivity contribution in [3.05, 3.63) is 83.7 Å². The van der Waals surface area contributed by atoms with E-state index < -0.39 is 195 Å². The number of carboxylic acid groups (broad SMARTS) is 2. The first kappa shape index (κ1) is 65.6. The molecule has 1 aliphatic rings. The Bertz CT molecular complexity index is 2880. The number of amides is 9. The van der Waals surface area contributed by atoms with Gasteiger partial charge in [-0.1, -0.05) is 51.1 Å². The topological polar surface area (TPSA) is 389 Å². The first-order chi connectivity index (χ1) is 38.6. The number of hydrogen-bond donors (Lipinski definition) is 9. The molecule has 2 heterocycles. The average molecular weight is 1150 g/mol. The average Bonchev–Trinajstić information content (AvgIpc) is 4.15. The van der Waals surface area contributed by atoms with Crippen LogP contribution in [0.3, 0.4) is 0 Å². The van der Waals surface area contributed by atoms with Gasteiger partial charge in [0.15, 0.2) is 0 Å². The number of nitrogens with one attached hydrogen (secondary N) is 5. The van der Waals surface area contributed by atoms with Gasteiger partial charge in [-0.15, -0.1) is 5.06 Å². The number of benzene rings is 2. The maximum Gasteiger partial charge on any atom is 0.333 e. The largest absolute Gasteiger partial charge is 0.481 e. The van der Waals surface area contributed by atoms with E-state index in [2.05, 4.69) is 26.6 Å². The van der Waals surface area contributed by atoms with Crippen molar-refractivity contribution in [2.45, 2.75) is 135 Å². The van der Waals surface area contributed by atoms with Crippen molar-refractivity contribution in [3.8, 4) is 11.1 Å². The Hall–Kier alpha value is -8.95.